The van der Waals surface area contributed by atoms with Crippen molar-refractivity contribution in [2.24, 2.45) is 0 Å². The molecule has 12 rings (SSSR count). The van der Waals surface area contributed by atoms with Crippen LogP contribution in [0.25, 0.3) is 77.4 Å². The smallest absolute Gasteiger partial charge is 0.0494 e. The van der Waals surface area contributed by atoms with Gasteiger partial charge in [-0.2, -0.15) is 0 Å². The molecule has 10 aromatic carbocycles. The van der Waals surface area contributed by atoms with Crippen LogP contribution >= 0.6 is 47.8 Å². The molecule has 1 nitrogen and oxygen atoms in total. The molecule has 0 bridgehead atoms. The first kappa shape index (κ1) is 44.3. The Balaban J connectivity index is 0.000000136. The van der Waals surface area contributed by atoms with Crippen molar-refractivity contribution in [3.05, 3.63) is 274 Å². The topological polar surface area (TPSA) is 4.93 Å². The van der Waals surface area contributed by atoms with Crippen molar-refractivity contribution < 1.29 is 0 Å². The van der Waals surface area contributed by atoms with E-state index in [0.29, 0.717) is 0 Å². The van der Waals surface area contributed by atoms with Gasteiger partial charge >= 0.3 is 0 Å². The summed E-state index contributed by atoms with van der Waals surface area (Å²) >= 11 is 10.5. The lowest BCUT2D eigenvalue weighted by Crippen LogP contribution is -2.00. The summed E-state index contributed by atoms with van der Waals surface area (Å²) in [6, 6.07) is 86.6. The predicted octanol–water partition coefficient (Wildman–Crippen LogP) is 18.9. The Morgan fingerprint density at radius 2 is 0.672 bits per heavy atom. The molecule has 0 atom stereocenters. The fraction of sp³-hybridized carbons (Fsp3) is 0.0476. The van der Waals surface area contributed by atoms with Crippen molar-refractivity contribution in [2.45, 2.75) is 18.3 Å². The number of benzene rings is 10. The van der Waals surface area contributed by atoms with Crippen molar-refractivity contribution in [1.29, 1.82) is 0 Å². The van der Waals surface area contributed by atoms with Crippen LogP contribution in [0.2, 0.25) is 0 Å². The molecule has 0 saturated heterocycles. The minimum absolute atomic E-state index is 0.816. The number of nitrogens with zero attached hydrogens (tertiary/aromatic N) is 1. The summed E-state index contributed by atoms with van der Waals surface area (Å²) in [7, 11) is 0. The number of alkyl halides is 1. The molecule has 0 saturated carbocycles. The minimum atomic E-state index is 0.816. The van der Waals surface area contributed by atoms with E-state index >= 15 is 0 Å². The summed E-state index contributed by atoms with van der Waals surface area (Å²) in [5.41, 5.74) is 20.8. The van der Waals surface area contributed by atoms with Gasteiger partial charge in [0.15, 0.2) is 0 Å². The van der Waals surface area contributed by atoms with E-state index in [4.69, 9.17) is 0 Å². The predicted molar refractivity (Wildman–Crippen MR) is 296 cm³/mol. The summed E-state index contributed by atoms with van der Waals surface area (Å²) < 4.78 is 4.75. The molecule has 0 radical (unpaired) electrons. The molecule has 0 spiro atoms. The Bertz CT molecular complexity index is 3270. The molecule has 11 aromatic rings. The van der Waals surface area contributed by atoms with Crippen LogP contribution in [0.1, 0.15) is 22.3 Å². The van der Waals surface area contributed by atoms with Gasteiger partial charge in [-0.05, 0) is 133 Å². The van der Waals surface area contributed by atoms with Crippen molar-refractivity contribution >= 4 is 69.6 Å². The maximum atomic E-state index is 3.74. The fourth-order valence-electron chi connectivity index (χ4n) is 9.09. The average Bonchev–Trinajstić information content (AvgIpc) is 3.92. The molecule has 324 valence electrons. The molecule has 1 aromatic heterocycles. The van der Waals surface area contributed by atoms with Gasteiger partial charge in [-0.25, -0.2) is 0 Å². The third kappa shape index (κ3) is 9.80. The number of hydrogen-bond donors (Lipinski definition) is 0. The van der Waals surface area contributed by atoms with E-state index in [1.165, 1.54) is 104 Å². The van der Waals surface area contributed by atoms with Crippen LogP contribution in [-0.2, 0) is 18.3 Å². The van der Waals surface area contributed by atoms with Crippen LogP contribution in [0.5, 0.6) is 0 Å². The van der Waals surface area contributed by atoms with Crippen LogP contribution in [0.3, 0.4) is 0 Å². The van der Waals surface area contributed by atoms with Crippen molar-refractivity contribution in [1.82, 2.24) is 4.57 Å². The van der Waals surface area contributed by atoms with Crippen LogP contribution < -0.4 is 0 Å². The summed E-state index contributed by atoms with van der Waals surface area (Å²) in [6.07, 6.45) is 1.04. The second kappa shape index (κ2) is 20.5. The van der Waals surface area contributed by atoms with Gasteiger partial charge in [0, 0.05) is 42.6 Å². The Labute approximate surface area is 418 Å². The third-order valence-corrected chi connectivity index (χ3v) is 14.7. The first-order valence-electron chi connectivity index (χ1n) is 22.6. The van der Waals surface area contributed by atoms with E-state index in [1.807, 2.05) is 18.2 Å². The molecular formula is C63H46Br3N. The molecule has 4 heteroatoms. The second-order valence-electron chi connectivity index (χ2n) is 16.8. The van der Waals surface area contributed by atoms with Crippen LogP contribution in [0.4, 0.5) is 0 Å². The first-order chi connectivity index (χ1) is 33.0. The van der Waals surface area contributed by atoms with E-state index in [-0.39, 0.29) is 0 Å². The SMILES string of the molecule is BrCc1ccccc1Br.Brc1ccccc1Cn1c2ccc(-c3ccccc3)cc2c2cc(-c3ccccc3)ccc21.c1ccc(-c2ccc3c(c2)-c2cc(-c4ccccc4)ccc2C3)cc1. The highest BCUT2D eigenvalue weighted by Crippen LogP contribution is 2.41. The van der Waals surface area contributed by atoms with Crippen LogP contribution in [-0.4, -0.2) is 4.57 Å². The zero-order chi connectivity index (χ0) is 45.5. The number of aromatic nitrogens is 1. The highest BCUT2D eigenvalue weighted by atomic mass is 79.9. The van der Waals surface area contributed by atoms with Gasteiger partial charge in [0.2, 0.25) is 0 Å². The van der Waals surface area contributed by atoms with E-state index < -0.39 is 0 Å². The minimum Gasteiger partial charge on any atom is -0.336 e. The van der Waals surface area contributed by atoms with Crippen LogP contribution in [0, 0.1) is 0 Å². The quantitative estimate of drug-likeness (QED) is 0.140. The molecule has 0 unspecified atom stereocenters. The number of rotatable bonds is 7. The monoisotopic (exact) mass is 1050 g/mol. The summed E-state index contributed by atoms with van der Waals surface area (Å²) in [5, 5.41) is 3.49. The van der Waals surface area contributed by atoms with Gasteiger partial charge in [0.05, 0.1) is 0 Å². The Hall–Kier alpha value is -6.56. The largest absolute Gasteiger partial charge is 0.336 e. The van der Waals surface area contributed by atoms with E-state index in [0.717, 1.165) is 22.8 Å². The molecule has 67 heavy (non-hydrogen) atoms. The molecule has 0 aliphatic heterocycles. The molecule has 0 fully saturated rings. The highest BCUT2D eigenvalue weighted by Gasteiger charge is 2.20. The van der Waals surface area contributed by atoms with Gasteiger partial charge in [-0.3, -0.25) is 0 Å². The van der Waals surface area contributed by atoms with Gasteiger partial charge in [-0.1, -0.05) is 242 Å². The standard InChI is InChI=1S/C31H22BrN.C25H18.C7H6Br2/c32-29-14-8-7-13-26(29)21-33-30-17-15-24(22-9-3-1-4-10-22)19-27(30)28-20-25(16-18-31(28)33)23-11-5-2-6-12-23;1-3-7-18(8-4-1)20-11-13-22-15-23-14-12-21(17-25(23)24(22)16-20)19-9-5-2-6-10-19;8-5-6-3-1-2-4-7(6)9/h1-20H,21H2;1-14,16-17H,15H2;1-4H,5H2. The zero-order valence-corrected chi connectivity index (χ0v) is 41.6. The number of hydrogen-bond acceptors (Lipinski definition) is 0. The average molecular weight is 1060 g/mol. The van der Waals surface area contributed by atoms with Gasteiger partial charge in [-0.15, -0.1) is 0 Å². The van der Waals surface area contributed by atoms with E-state index in [2.05, 4.69) is 277 Å². The molecule has 1 aliphatic rings. The van der Waals surface area contributed by atoms with Crippen molar-refractivity contribution in [2.75, 3.05) is 0 Å². The van der Waals surface area contributed by atoms with Gasteiger partial charge in [0.1, 0.15) is 0 Å². The zero-order valence-electron chi connectivity index (χ0n) is 36.8. The Morgan fingerprint density at radius 3 is 1.04 bits per heavy atom. The molecular weight excluding hydrogens is 1010 g/mol. The van der Waals surface area contributed by atoms with Gasteiger partial charge < -0.3 is 4.57 Å². The molecule has 0 amide bonds. The summed E-state index contributed by atoms with van der Waals surface area (Å²) in [6.45, 7) is 0.816. The first-order valence-corrected chi connectivity index (χ1v) is 25.3. The fourth-order valence-corrected chi connectivity index (χ4v) is 10.8. The van der Waals surface area contributed by atoms with E-state index in [1.54, 1.807) is 0 Å². The summed E-state index contributed by atoms with van der Waals surface area (Å²) in [5.74, 6) is 0. The maximum absolute atomic E-state index is 3.74. The number of fused-ring (bicyclic) bond motifs is 6. The van der Waals surface area contributed by atoms with Crippen molar-refractivity contribution in [3.63, 3.8) is 0 Å². The normalized spacial score (nSPS) is 11.3. The third-order valence-electron chi connectivity index (χ3n) is 12.6. The lowest BCUT2D eigenvalue weighted by Gasteiger charge is -2.10. The van der Waals surface area contributed by atoms with E-state index in [9.17, 15) is 0 Å². The molecule has 1 heterocycles. The Kier molecular flexibility index (Phi) is 13.6. The maximum Gasteiger partial charge on any atom is 0.0494 e. The van der Waals surface area contributed by atoms with Crippen LogP contribution in [0.15, 0.2) is 252 Å². The Morgan fingerprint density at radius 1 is 0.328 bits per heavy atom. The molecule has 1 aliphatic carbocycles. The summed E-state index contributed by atoms with van der Waals surface area (Å²) in [4.78, 5) is 0. The highest BCUT2D eigenvalue weighted by molar-refractivity contribution is 9.11. The van der Waals surface area contributed by atoms with Gasteiger partial charge in [0.25, 0.3) is 0 Å². The lowest BCUT2D eigenvalue weighted by atomic mass is 9.96. The number of halogens is 3. The second-order valence-corrected chi connectivity index (χ2v) is 19.0. The van der Waals surface area contributed by atoms with Crippen molar-refractivity contribution in [3.8, 4) is 55.6 Å². The molecule has 0 N–H and O–H groups in total. The lowest BCUT2D eigenvalue weighted by molar-refractivity contribution is 0.865.